The minimum atomic E-state index is -3.75. The highest BCUT2D eigenvalue weighted by Crippen LogP contribution is 2.14. The number of ether oxygens (including phenoxy) is 1. The van der Waals surface area contributed by atoms with E-state index in [0.29, 0.717) is 13.0 Å². The summed E-state index contributed by atoms with van der Waals surface area (Å²) in [5.74, 6) is -0.718. The zero-order valence-corrected chi connectivity index (χ0v) is 20.9. The van der Waals surface area contributed by atoms with Crippen LogP contribution in [0, 0.1) is 5.82 Å². The van der Waals surface area contributed by atoms with Gasteiger partial charge in [-0.25, -0.2) is 12.8 Å². The van der Waals surface area contributed by atoms with Gasteiger partial charge in [-0.1, -0.05) is 42.5 Å². The summed E-state index contributed by atoms with van der Waals surface area (Å²) in [6.45, 7) is 0.707. The topological polar surface area (TPSA) is 105 Å². The van der Waals surface area contributed by atoms with Crippen LogP contribution in [0.15, 0.2) is 83.8 Å². The van der Waals surface area contributed by atoms with Gasteiger partial charge in [0.05, 0.1) is 29.9 Å². The Bertz CT molecular complexity index is 1220. The normalized spacial score (nSPS) is 13.1. The summed E-state index contributed by atoms with van der Waals surface area (Å²) in [7, 11) is -2.15. The number of benzene rings is 3. The third kappa shape index (κ3) is 8.44. The minimum Gasteiger partial charge on any atom is -0.497 e. The maximum Gasteiger partial charge on any atom is 0.221 e. The molecule has 0 unspecified atom stereocenters. The molecule has 0 aromatic heterocycles. The molecule has 2 atom stereocenters. The van der Waals surface area contributed by atoms with Crippen molar-refractivity contribution >= 4 is 15.7 Å². The van der Waals surface area contributed by atoms with Crippen molar-refractivity contribution in [2.75, 3.05) is 19.4 Å². The third-order valence-electron chi connectivity index (χ3n) is 5.70. The standard InChI is InChI=1S/C27H31FN2O5S/c1-35-23-9-5-8-21(16-23)18-29-19-26(31)25(17-20-6-3-2-4-7-20)30-27(32)14-15-36(33,34)24-12-10-22(28)11-13-24/h2-13,16,25-26,29,31H,14-15,17-19H2,1H3,(H,30,32)/t25-,26+/m0/s1. The molecule has 0 bridgehead atoms. The van der Waals surface area contributed by atoms with Crippen LogP contribution in [0.2, 0.25) is 0 Å². The highest BCUT2D eigenvalue weighted by molar-refractivity contribution is 7.91. The molecule has 0 radical (unpaired) electrons. The largest absolute Gasteiger partial charge is 0.497 e. The predicted octanol–water partition coefficient (Wildman–Crippen LogP) is 2.88. The van der Waals surface area contributed by atoms with Crippen LogP contribution in [-0.2, 0) is 27.6 Å². The summed E-state index contributed by atoms with van der Waals surface area (Å²) in [5, 5.41) is 16.9. The van der Waals surface area contributed by atoms with E-state index in [-0.39, 0.29) is 17.9 Å². The Kier molecular flexibility index (Phi) is 9.98. The fourth-order valence-electron chi connectivity index (χ4n) is 3.71. The van der Waals surface area contributed by atoms with Crippen LogP contribution in [0.5, 0.6) is 5.75 Å². The zero-order valence-electron chi connectivity index (χ0n) is 20.1. The molecule has 0 aliphatic heterocycles. The molecule has 0 saturated carbocycles. The third-order valence-corrected chi connectivity index (χ3v) is 7.43. The van der Waals surface area contributed by atoms with Gasteiger partial charge >= 0.3 is 0 Å². The molecule has 1 amide bonds. The quantitative estimate of drug-likeness (QED) is 0.303. The first-order valence-electron chi connectivity index (χ1n) is 11.6. The van der Waals surface area contributed by atoms with Crippen LogP contribution in [0.3, 0.4) is 0 Å². The number of hydrogen-bond donors (Lipinski definition) is 3. The van der Waals surface area contributed by atoms with Gasteiger partial charge in [-0.2, -0.15) is 0 Å². The number of hydrogen-bond acceptors (Lipinski definition) is 6. The second-order valence-corrected chi connectivity index (χ2v) is 10.5. The zero-order chi connectivity index (χ0) is 26.0. The fourth-order valence-corrected chi connectivity index (χ4v) is 4.95. The molecule has 192 valence electrons. The van der Waals surface area contributed by atoms with Crippen molar-refractivity contribution in [1.82, 2.24) is 10.6 Å². The molecule has 3 aromatic rings. The average molecular weight is 515 g/mol. The lowest BCUT2D eigenvalue weighted by atomic mass is 10.0. The van der Waals surface area contributed by atoms with E-state index in [1.54, 1.807) is 7.11 Å². The van der Waals surface area contributed by atoms with Crippen molar-refractivity contribution < 1.29 is 27.4 Å². The highest BCUT2D eigenvalue weighted by atomic mass is 32.2. The highest BCUT2D eigenvalue weighted by Gasteiger charge is 2.23. The van der Waals surface area contributed by atoms with E-state index in [1.165, 1.54) is 12.1 Å². The fraction of sp³-hybridized carbons (Fsp3) is 0.296. The smallest absolute Gasteiger partial charge is 0.221 e. The van der Waals surface area contributed by atoms with E-state index in [1.807, 2.05) is 54.6 Å². The van der Waals surface area contributed by atoms with Gasteiger partial charge in [-0.05, 0) is 53.9 Å². The number of aliphatic hydroxyl groups is 1. The second-order valence-electron chi connectivity index (χ2n) is 8.44. The molecule has 0 fully saturated rings. The summed E-state index contributed by atoms with van der Waals surface area (Å²) in [6.07, 6.45) is -0.831. The summed E-state index contributed by atoms with van der Waals surface area (Å²) < 4.78 is 43.4. The number of amides is 1. The average Bonchev–Trinajstić information content (AvgIpc) is 2.88. The molecule has 0 aliphatic carbocycles. The Labute approximate surface area is 211 Å². The van der Waals surface area contributed by atoms with Crippen LogP contribution in [0.25, 0.3) is 0 Å². The molecule has 0 saturated heterocycles. The first-order valence-corrected chi connectivity index (χ1v) is 13.3. The molecule has 0 heterocycles. The van der Waals surface area contributed by atoms with Crippen molar-refractivity contribution in [3.63, 3.8) is 0 Å². The Morgan fingerprint density at radius 1 is 1.00 bits per heavy atom. The number of halogens is 1. The molecular formula is C27H31FN2O5S. The molecule has 3 N–H and O–H groups in total. The van der Waals surface area contributed by atoms with E-state index >= 15 is 0 Å². The maximum absolute atomic E-state index is 13.1. The van der Waals surface area contributed by atoms with Crippen molar-refractivity contribution in [3.05, 3.63) is 95.8 Å². The Hall–Kier alpha value is -3.27. The van der Waals surface area contributed by atoms with Crippen molar-refractivity contribution in [2.45, 2.75) is 36.4 Å². The number of rotatable bonds is 13. The van der Waals surface area contributed by atoms with Gasteiger partial charge in [0.2, 0.25) is 5.91 Å². The number of carbonyl (C=O) groups is 1. The van der Waals surface area contributed by atoms with Gasteiger partial charge in [0.15, 0.2) is 9.84 Å². The molecule has 3 rings (SSSR count). The van der Waals surface area contributed by atoms with Crippen LogP contribution in [0.4, 0.5) is 4.39 Å². The van der Waals surface area contributed by atoms with E-state index in [9.17, 15) is 22.7 Å². The second kappa shape index (κ2) is 13.2. The van der Waals surface area contributed by atoms with E-state index in [2.05, 4.69) is 10.6 Å². The Morgan fingerprint density at radius 3 is 2.39 bits per heavy atom. The van der Waals surface area contributed by atoms with Crippen LogP contribution < -0.4 is 15.4 Å². The molecule has 3 aromatic carbocycles. The van der Waals surface area contributed by atoms with Gasteiger partial charge in [-0.3, -0.25) is 4.79 Å². The number of nitrogens with one attached hydrogen (secondary N) is 2. The first kappa shape index (κ1) is 27.3. The number of aliphatic hydroxyl groups excluding tert-OH is 1. The summed E-state index contributed by atoms with van der Waals surface area (Å²) in [5.41, 5.74) is 1.91. The lowest BCUT2D eigenvalue weighted by molar-refractivity contribution is -0.122. The Morgan fingerprint density at radius 2 is 1.69 bits per heavy atom. The van der Waals surface area contributed by atoms with E-state index < -0.39 is 39.5 Å². The number of methoxy groups -OCH3 is 1. The lowest BCUT2D eigenvalue weighted by Crippen LogP contribution is -2.48. The maximum atomic E-state index is 13.1. The molecular weight excluding hydrogens is 483 g/mol. The minimum absolute atomic E-state index is 0.0423. The van der Waals surface area contributed by atoms with Gasteiger partial charge in [-0.15, -0.1) is 0 Å². The molecule has 7 nitrogen and oxygen atoms in total. The Balaban J connectivity index is 1.60. The molecule has 0 spiro atoms. The van der Waals surface area contributed by atoms with Crippen LogP contribution in [0.1, 0.15) is 17.5 Å². The van der Waals surface area contributed by atoms with Crippen molar-refractivity contribution in [2.24, 2.45) is 0 Å². The first-order chi connectivity index (χ1) is 17.3. The van der Waals surface area contributed by atoms with Gasteiger partial charge in [0.1, 0.15) is 11.6 Å². The number of sulfone groups is 1. The van der Waals surface area contributed by atoms with Gasteiger partial charge in [0.25, 0.3) is 0 Å². The summed E-state index contributed by atoms with van der Waals surface area (Å²) >= 11 is 0. The van der Waals surface area contributed by atoms with E-state index in [0.717, 1.165) is 29.0 Å². The molecule has 0 aliphatic rings. The lowest BCUT2D eigenvalue weighted by Gasteiger charge is -2.25. The molecule has 36 heavy (non-hydrogen) atoms. The summed E-state index contributed by atoms with van der Waals surface area (Å²) in [4.78, 5) is 12.6. The SMILES string of the molecule is COc1cccc(CNC[C@@H](O)[C@H](Cc2ccccc2)NC(=O)CCS(=O)(=O)c2ccc(F)cc2)c1. The number of carbonyl (C=O) groups excluding carboxylic acids is 1. The monoisotopic (exact) mass is 514 g/mol. The van der Waals surface area contributed by atoms with Crippen LogP contribution in [-0.4, -0.2) is 51.0 Å². The van der Waals surface area contributed by atoms with E-state index in [4.69, 9.17) is 4.74 Å². The predicted molar refractivity (Wildman–Crippen MR) is 136 cm³/mol. The van der Waals surface area contributed by atoms with Crippen LogP contribution >= 0.6 is 0 Å². The molecule has 9 heteroatoms. The van der Waals surface area contributed by atoms with Gasteiger partial charge < -0.3 is 20.5 Å². The summed E-state index contributed by atoms with van der Waals surface area (Å²) in [6, 6.07) is 20.8. The van der Waals surface area contributed by atoms with Crippen molar-refractivity contribution in [3.8, 4) is 5.75 Å². The van der Waals surface area contributed by atoms with Gasteiger partial charge in [0, 0.05) is 19.5 Å². The van der Waals surface area contributed by atoms with Crippen molar-refractivity contribution in [1.29, 1.82) is 0 Å².